The molecule has 1 aromatic carbocycles. The van der Waals surface area contributed by atoms with Crippen LogP contribution < -0.4 is 10.6 Å². The summed E-state index contributed by atoms with van der Waals surface area (Å²) in [7, 11) is 0. The lowest BCUT2D eigenvalue weighted by atomic mass is 10.1. The third kappa shape index (κ3) is 3.63. The van der Waals surface area contributed by atoms with Crippen LogP contribution in [0.5, 0.6) is 0 Å². The van der Waals surface area contributed by atoms with Gasteiger partial charge in [-0.2, -0.15) is 4.98 Å². The third-order valence-corrected chi connectivity index (χ3v) is 3.32. The van der Waals surface area contributed by atoms with E-state index < -0.39 is 0 Å². The second-order valence-electron chi connectivity index (χ2n) is 4.98. The van der Waals surface area contributed by atoms with Crippen LogP contribution in [0.3, 0.4) is 0 Å². The number of hydrogen-bond donors (Lipinski definition) is 2. The van der Waals surface area contributed by atoms with Gasteiger partial charge in [0.25, 0.3) is 0 Å². The maximum absolute atomic E-state index is 5.27. The molecule has 0 aliphatic carbocycles. The smallest absolute Gasteiger partial charge is 0.224 e. The number of nitrogens with one attached hydrogen (secondary N) is 2. The second kappa shape index (κ2) is 6.76. The Balaban J connectivity index is 1.63. The number of hydrogen-bond acceptors (Lipinski definition) is 5. The molecule has 3 rings (SSSR count). The van der Waals surface area contributed by atoms with E-state index in [1.807, 2.05) is 36.4 Å². The molecule has 0 saturated heterocycles. The van der Waals surface area contributed by atoms with Gasteiger partial charge < -0.3 is 15.1 Å². The van der Waals surface area contributed by atoms with E-state index in [9.17, 15) is 0 Å². The summed E-state index contributed by atoms with van der Waals surface area (Å²) in [6, 6.07) is 16.1. The molecule has 5 heteroatoms. The van der Waals surface area contributed by atoms with E-state index in [-0.39, 0.29) is 6.04 Å². The van der Waals surface area contributed by atoms with E-state index in [1.54, 1.807) is 12.5 Å². The molecule has 0 radical (unpaired) electrons. The predicted molar refractivity (Wildman–Crippen MR) is 86.5 cm³/mol. The molecule has 0 bridgehead atoms. The first-order valence-corrected chi connectivity index (χ1v) is 7.22. The predicted octanol–water partition coefficient (Wildman–Crippen LogP) is 3.85. The van der Waals surface area contributed by atoms with Crippen molar-refractivity contribution in [2.24, 2.45) is 0 Å². The summed E-state index contributed by atoms with van der Waals surface area (Å²) < 4.78 is 5.27. The average molecular weight is 294 g/mol. The van der Waals surface area contributed by atoms with E-state index in [0.717, 1.165) is 11.6 Å². The van der Waals surface area contributed by atoms with Crippen molar-refractivity contribution in [1.82, 2.24) is 9.97 Å². The molecule has 2 aromatic heterocycles. The molecule has 0 amide bonds. The topological polar surface area (TPSA) is 63.0 Å². The number of furan rings is 1. The Hall–Kier alpha value is -2.82. The highest BCUT2D eigenvalue weighted by Gasteiger charge is 2.06. The maximum Gasteiger partial charge on any atom is 0.224 e. The van der Waals surface area contributed by atoms with E-state index in [0.29, 0.717) is 12.5 Å². The molecule has 2 N–H and O–H groups in total. The highest BCUT2D eigenvalue weighted by Crippen LogP contribution is 2.18. The lowest BCUT2D eigenvalue weighted by Crippen LogP contribution is -2.10. The van der Waals surface area contributed by atoms with Crippen LogP contribution in [0.4, 0.5) is 11.8 Å². The average Bonchev–Trinajstić information content (AvgIpc) is 3.08. The van der Waals surface area contributed by atoms with Crippen molar-refractivity contribution in [3.8, 4) is 0 Å². The molecule has 0 fully saturated rings. The van der Waals surface area contributed by atoms with Crippen LogP contribution in [-0.2, 0) is 6.54 Å². The molecule has 0 spiro atoms. The van der Waals surface area contributed by atoms with E-state index in [4.69, 9.17) is 4.42 Å². The van der Waals surface area contributed by atoms with Crippen LogP contribution in [0.25, 0.3) is 0 Å². The maximum atomic E-state index is 5.27. The van der Waals surface area contributed by atoms with Gasteiger partial charge in [-0.05, 0) is 30.7 Å². The van der Waals surface area contributed by atoms with Crippen LogP contribution in [0.2, 0.25) is 0 Å². The normalized spacial score (nSPS) is 11.9. The van der Waals surface area contributed by atoms with Crippen molar-refractivity contribution in [1.29, 1.82) is 0 Å². The zero-order valence-electron chi connectivity index (χ0n) is 12.4. The molecular weight excluding hydrogens is 276 g/mol. The van der Waals surface area contributed by atoms with Crippen molar-refractivity contribution < 1.29 is 4.42 Å². The standard InChI is InChI=1S/C17H18N4O/c1-13(14-6-3-2-4-7-14)20-16-9-10-18-17(21-16)19-12-15-8-5-11-22-15/h2-11,13H,12H2,1H3,(H2,18,19,20,21). The largest absolute Gasteiger partial charge is 0.467 e. The zero-order valence-corrected chi connectivity index (χ0v) is 12.4. The molecule has 5 nitrogen and oxygen atoms in total. The minimum atomic E-state index is 0.175. The molecule has 22 heavy (non-hydrogen) atoms. The monoisotopic (exact) mass is 294 g/mol. The Bertz CT molecular complexity index is 698. The number of rotatable bonds is 6. The molecule has 1 atom stereocenters. The van der Waals surface area contributed by atoms with Gasteiger partial charge >= 0.3 is 0 Å². The van der Waals surface area contributed by atoms with Gasteiger partial charge in [-0.25, -0.2) is 4.98 Å². The Labute approximate surface area is 129 Å². The fraction of sp³-hybridized carbons (Fsp3) is 0.176. The lowest BCUT2D eigenvalue weighted by Gasteiger charge is -2.15. The minimum absolute atomic E-state index is 0.175. The quantitative estimate of drug-likeness (QED) is 0.723. The fourth-order valence-corrected chi connectivity index (χ4v) is 2.15. The Morgan fingerprint density at radius 3 is 2.73 bits per heavy atom. The molecule has 0 aliphatic rings. The first kappa shape index (κ1) is 14.1. The van der Waals surface area contributed by atoms with Gasteiger partial charge in [0.2, 0.25) is 5.95 Å². The van der Waals surface area contributed by atoms with Crippen LogP contribution in [0.15, 0.2) is 65.4 Å². The summed E-state index contributed by atoms with van der Waals surface area (Å²) in [5.74, 6) is 2.20. The van der Waals surface area contributed by atoms with Crippen molar-refractivity contribution in [3.63, 3.8) is 0 Å². The molecule has 0 aliphatic heterocycles. The summed E-state index contributed by atoms with van der Waals surface area (Å²) in [6.07, 6.45) is 3.38. The molecule has 3 aromatic rings. The summed E-state index contributed by atoms with van der Waals surface area (Å²) in [5.41, 5.74) is 1.21. The minimum Gasteiger partial charge on any atom is -0.467 e. The van der Waals surface area contributed by atoms with Crippen LogP contribution in [-0.4, -0.2) is 9.97 Å². The number of aromatic nitrogens is 2. The van der Waals surface area contributed by atoms with Crippen molar-refractivity contribution in [2.75, 3.05) is 10.6 Å². The highest BCUT2D eigenvalue weighted by atomic mass is 16.3. The first-order valence-electron chi connectivity index (χ1n) is 7.22. The third-order valence-electron chi connectivity index (χ3n) is 3.32. The van der Waals surface area contributed by atoms with Crippen LogP contribution in [0, 0.1) is 0 Å². The molecule has 0 saturated carbocycles. The van der Waals surface area contributed by atoms with Gasteiger partial charge in [-0.1, -0.05) is 30.3 Å². The first-order chi connectivity index (χ1) is 10.8. The van der Waals surface area contributed by atoms with Gasteiger partial charge in [-0.15, -0.1) is 0 Å². The van der Waals surface area contributed by atoms with E-state index in [2.05, 4.69) is 39.7 Å². The van der Waals surface area contributed by atoms with Crippen molar-refractivity contribution >= 4 is 11.8 Å². The summed E-state index contributed by atoms with van der Waals surface area (Å²) >= 11 is 0. The number of anilines is 2. The second-order valence-corrected chi connectivity index (χ2v) is 4.98. The summed E-state index contributed by atoms with van der Waals surface area (Å²) in [4.78, 5) is 8.68. The Kier molecular flexibility index (Phi) is 4.34. The highest BCUT2D eigenvalue weighted by molar-refractivity contribution is 5.42. The Morgan fingerprint density at radius 1 is 1.09 bits per heavy atom. The van der Waals surface area contributed by atoms with Gasteiger partial charge in [0, 0.05) is 12.2 Å². The van der Waals surface area contributed by atoms with Gasteiger partial charge in [0.1, 0.15) is 11.6 Å². The van der Waals surface area contributed by atoms with Crippen LogP contribution >= 0.6 is 0 Å². The van der Waals surface area contributed by atoms with E-state index >= 15 is 0 Å². The Morgan fingerprint density at radius 2 is 1.95 bits per heavy atom. The molecular formula is C17H18N4O. The number of benzene rings is 1. The summed E-state index contributed by atoms with van der Waals surface area (Å²) in [6.45, 7) is 2.66. The van der Waals surface area contributed by atoms with Crippen LogP contribution in [0.1, 0.15) is 24.3 Å². The van der Waals surface area contributed by atoms with Gasteiger partial charge in [0.05, 0.1) is 12.8 Å². The fourth-order valence-electron chi connectivity index (χ4n) is 2.15. The molecule has 112 valence electrons. The van der Waals surface area contributed by atoms with Gasteiger partial charge in [-0.3, -0.25) is 0 Å². The molecule has 2 heterocycles. The SMILES string of the molecule is CC(Nc1ccnc(NCc2ccco2)n1)c1ccccc1. The zero-order chi connectivity index (χ0) is 15.2. The number of nitrogens with zero attached hydrogens (tertiary/aromatic N) is 2. The van der Waals surface area contributed by atoms with Crippen molar-refractivity contribution in [3.05, 3.63) is 72.3 Å². The lowest BCUT2D eigenvalue weighted by molar-refractivity contribution is 0.517. The van der Waals surface area contributed by atoms with Crippen molar-refractivity contribution in [2.45, 2.75) is 19.5 Å². The summed E-state index contributed by atoms with van der Waals surface area (Å²) in [5, 5.41) is 6.52. The van der Waals surface area contributed by atoms with Gasteiger partial charge in [0.15, 0.2) is 0 Å². The molecule has 1 unspecified atom stereocenters. The van der Waals surface area contributed by atoms with E-state index in [1.165, 1.54) is 5.56 Å².